The van der Waals surface area contributed by atoms with Crippen LogP contribution in [0.4, 0.5) is 0 Å². The fourth-order valence-electron chi connectivity index (χ4n) is 3.84. The van der Waals surface area contributed by atoms with E-state index in [4.69, 9.17) is 0 Å². The molecule has 0 aromatic heterocycles. The number of amides is 1. The van der Waals surface area contributed by atoms with Gasteiger partial charge in [0, 0.05) is 19.0 Å². The molecule has 1 heterocycles. The van der Waals surface area contributed by atoms with Gasteiger partial charge in [0.1, 0.15) is 0 Å². The van der Waals surface area contributed by atoms with Crippen molar-refractivity contribution in [3.63, 3.8) is 0 Å². The Morgan fingerprint density at radius 2 is 2.00 bits per heavy atom. The number of carbonyl (C=O) groups excluding carboxylic acids is 1. The van der Waals surface area contributed by atoms with E-state index >= 15 is 0 Å². The van der Waals surface area contributed by atoms with Crippen molar-refractivity contribution in [1.82, 2.24) is 10.2 Å². The lowest BCUT2D eigenvalue weighted by molar-refractivity contribution is -0.135. The van der Waals surface area contributed by atoms with Crippen molar-refractivity contribution in [2.24, 2.45) is 17.8 Å². The van der Waals surface area contributed by atoms with Crippen molar-refractivity contribution >= 4 is 5.91 Å². The zero-order chi connectivity index (χ0) is 13.7. The Bertz CT molecular complexity index is 286. The standard InChI is InChI=1S/C16H30N2O/c1-3-15(10-13-6-4-5-7-13)16(19)18-9-8-14(12-18)11-17-2/h13-15,17H,3-12H2,1-2H3. The van der Waals surface area contributed by atoms with Crippen molar-refractivity contribution in [1.29, 1.82) is 0 Å². The third kappa shape index (κ3) is 3.95. The van der Waals surface area contributed by atoms with Crippen LogP contribution in [0.15, 0.2) is 0 Å². The van der Waals surface area contributed by atoms with E-state index in [2.05, 4.69) is 17.1 Å². The molecule has 1 aliphatic carbocycles. The Labute approximate surface area is 118 Å². The van der Waals surface area contributed by atoms with Gasteiger partial charge in [-0.15, -0.1) is 0 Å². The van der Waals surface area contributed by atoms with Gasteiger partial charge in [-0.1, -0.05) is 32.6 Å². The Hall–Kier alpha value is -0.570. The van der Waals surface area contributed by atoms with E-state index < -0.39 is 0 Å². The number of nitrogens with zero attached hydrogens (tertiary/aromatic N) is 1. The molecule has 1 aliphatic heterocycles. The molecule has 19 heavy (non-hydrogen) atoms. The number of hydrogen-bond acceptors (Lipinski definition) is 2. The van der Waals surface area contributed by atoms with Crippen LogP contribution >= 0.6 is 0 Å². The highest BCUT2D eigenvalue weighted by Gasteiger charge is 2.31. The molecular weight excluding hydrogens is 236 g/mol. The number of likely N-dealkylation sites (tertiary alicyclic amines) is 1. The molecule has 1 saturated heterocycles. The topological polar surface area (TPSA) is 32.3 Å². The third-order valence-corrected chi connectivity index (χ3v) is 5.02. The number of hydrogen-bond donors (Lipinski definition) is 1. The Morgan fingerprint density at radius 1 is 1.26 bits per heavy atom. The summed E-state index contributed by atoms with van der Waals surface area (Å²) in [6.07, 6.45) is 8.79. The van der Waals surface area contributed by atoms with Crippen LogP contribution in [0.1, 0.15) is 51.9 Å². The fourth-order valence-corrected chi connectivity index (χ4v) is 3.84. The molecule has 0 aromatic rings. The minimum absolute atomic E-state index is 0.288. The summed E-state index contributed by atoms with van der Waals surface area (Å²) >= 11 is 0. The molecule has 2 unspecified atom stereocenters. The van der Waals surface area contributed by atoms with Crippen molar-refractivity contribution in [3.05, 3.63) is 0 Å². The molecule has 1 saturated carbocycles. The van der Waals surface area contributed by atoms with Gasteiger partial charge in [-0.05, 0) is 44.7 Å². The highest BCUT2D eigenvalue weighted by molar-refractivity contribution is 5.79. The van der Waals surface area contributed by atoms with E-state index in [9.17, 15) is 4.79 Å². The van der Waals surface area contributed by atoms with Gasteiger partial charge in [0.05, 0.1) is 0 Å². The van der Waals surface area contributed by atoms with E-state index in [-0.39, 0.29) is 5.92 Å². The second-order valence-corrected chi connectivity index (χ2v) is 6.49. The minimum Gasteiger partial charge on any atom is -0.342 e. The summed E-state index contributed by atoms with van der Waals surface area (Å²) in [5.41, 5.74) is 0. The highest BCUT2D eigenvalue weighted by Crippen LogP contribution is 2.32. The van der Waals surface area contributed by atoms with Gasteiger partial charge >= 0.3 is 0 Å². The Balaban J connectivity index is 1.82. The largest absolute Gasteiger partial charge is 0.342 e. The first kappa shape index (κ1) is 14.8. The minimum atomic E-state index is 0.288. The SMILES string of the molecule is CCC(CC1CCCC1)C(=O)N1CCC(CNC)C1. The Kier molecular flexibility index (Phi) is 5.68. The monoisotopic (exact) mass is 266 g/mol. The summed E-state index contributed by atoms with van der Waals surface area (Å²) in [7, 11) is 2.00. The zero-order valence-corrected chi connectivity index (χ0v) is 12.7. The van der Waals surface area contributed by atoms with Crippen LogP contribution in [0.25, 0.3) is 0 Å². The normalized spacial score (nSPS) is 26.0. The van der Waals surface area contributed by atoms with Gasteiger partial charge in [-0.3, -0.25) is 4.79 Å². The van der Waals surface area contributed by atoms with Gasteiger partial charge < -0.3 is 10.2 Å². The lowest BCUT2D eigenvalue weighted by atomic mass is 9.90. The van der Waals surface area contributed by atoms with Gasteiger partial charge in [-0.25, -0.2) is 0 Å². The van der Waals surface area contributed by atoms with Crippen LogP contribution in [0.5, 0.6) is 0 Å². The molecule has 2 rings (SSSR count). The quantitative estimate of drug-likeness (QED) is 0.801. The second-order valence-electron chi connectivity index (χ2n) is 6.49. The summed E-state index contributed by atoms with van der Waals surface area (Å²) in [5.74, 6) is 2.21. The maximum absolute atomic E-state index is 12.6. The summed E-state index contributed by atoms with van der Waals surface area (Å²) < 4.78 is 0. The first-order chi connectivity index (χ1) is 9.24. The maximum Gasteiger partial charge on any atom is 0.225 e. The molecule has 2 aliphatic rings. The predicted octanol–water partition coefficient (Wildman–Crippen LogP) is 2.66. The molecule has 0 spiro atoms. The zero-order valence-electron chi connectivity index (χ0n) is 12.7. The van der Waals surface area contributed by atoms with Crippen molar-refractivity contribution in [2.45, 2.75) is 51.9 Å². The average Bonchev–Trinajstić information content (AvgIpc) is 3.06. The number of rotatable bonds is 6. The second kappa shape index (κ2) is 7.28. The Morgan fingerprint density at radius 3 is 2.63 bits per heavy atom. The van der Waals surface area contributed by atoms with Crippen LogP contribution in [0.3, 0.4) is 0 Å². The summed E-state index contributed by atoms with van der Waals surface area (Å²) in [4.78, 5) is 14.7. The van der Waals surface area contributed by atoms with Crippen LogP contribution < -0.4 is 5.32 Å². The van der Waals surface area contributed by atoms with E-state index in [0.717, 1.165) is 38.4 Å². The molecule has 110 valence electrons. The molecule has 0 radical (unpaired) electrons. The van der Waals surface area contributed by atoms with Crippen molar-refractivity contribution in [3.8, 4) is 0 Å². The molecule has 2 fully saturated rings. The third-order valence-electron chi connectivity index (χ3n) is 5.02. The van der Waals surface area contributed by atoms with Crippen molar-refractivity contribution in [2.75, 3.05) is 26.7 Å². The average molecular weight is 266 g/mol. The first-order valence-corrected chi connectivity index (χ1v) is 8.18. The summed E-state index contributed by atoms with van der Waals surface area (Å²) in [6, 6.07) is 0. The summed E-state index contributed by atoms with van der Waals surface area (Å²) in [6.45, 7) is 5.18. The molecular formula is C16H30N2O. The van der Waals surface area contributed by atoms with E-state index in [1.807, 2.05) is 7.05 Å². The van der Waals surface area contributed by atoms with Gasteiger partial charge in [-0.2, -0.15) is 0 Å². The number of nitrogens with one attached hydrogen (secondary N) is 1. The first-order valence-electron chi connectivity index (χ1n) is 8.18. The molecule has 1 N–H and O–H groups in total. The van der Waals surface area contributed by atoms with Crippen LogP contribution in [-0.4, -0.2) is 37.5 Å². The molecule has 3 nitrogen and oxygen atoms in total. The number of carbonyl (C=O) groups is 1. The van der Waals surface area contributed by atoms with E-state index in [1.54, 1.807) is 0 Å². The highest BCUT2D eigenvalue weighted by atomic mass is 16.2. The van der Waals surface area contributed by atoms with Gasteiger partial charge in [0.25, 0.3) is 0 Å². The van der Waals surface area contributed by atoms with Crippen LogP contribution in [-0.2, 0) is 4.79 Å². The maximum atomic E-state index is 12.6. The smallest absolute Gasteiger partial charge is 0.225 e. The molecule has 3 heteroatoms. The van der Waals surface area contributed by atoms with Crippen LogP contribution in [0, 0.1) is 17.8 Å². The molecule has 2 atom stereocenters. The van der Waals surface area contributed by atoms with Gasteiger partial charge in [0.15, 0.2) is 0 Å². The molecule has 0 aromatic carbocycles. The molecule has 0 bridgehead atoms. The summed E-state index contributed by atoms with van der Waals surface area (Å²) in [5, 5.41) is 3.23. The lowest BCUT2D eigenvalue weighted by Gasteiger charge is -2.24. The van der Waals surface area contributed by atoms with E-state index in [0.29, 0.717) is 11.8 Å². The van der Waals surface area contributed by atoms with Crippen molar-refractivity contribution < 1.29 is 4.79 Å². The van der Waals surface area contributed by atoms with Crippen LogP contribution in [0.2, 0.25) is 0 Å². The predicted molar refractivity (Wildman–Crippen MR) is 79.0 cm³/mol. The van der Waals surface area contributed by atoms with Gasteiger partial charge in [0.2, 0.25) is 5.91 Å². The fraction of sp³-hybridized carbons (Fsp3) is 0.938. The van der Waals surface area contributed by atoms with E-state index in [1.165, 1.54) is 32.1 Å². The lowest BCUT2D eigenvalue weighted by Crippen LogP contribution is -2.35. The molecule has 1 amide bonds.